The van der Waals surface area contributed by atoms with Crippen LogP contribution in [0, 0.1) is 0 Å². The van der Waals surface area contributed by atoms with Gasteiger partial charge in [-0.3, -0.25) is 14.4 Å². The molecule has 0 saturated heterocycles. The van der Waals surface area contributed by atoms with Crippen molar-refractivity contribution in [1.29, 1.82) is 0 Å². The fraction of sp³-hybridized carbons (Fsp3) is 0.812. The third-order valence-electron chi connectivity index (χ3n) is 14.5. The number of unbranched alkanes of at least 4 members (excludes halogenated alkanes) is 39. The van der Waals surface area contributed by atoms with Gasteiger partial charge in [-0.15, -0.1) is 0 Å². The largest absolute Gasteiger partial charge is 0.462 e. The predicted octanol–water partition coefficient (Wildman–Crippen LogP) is 22.3. The quantitative estimate of drug-likeness (QED) is 0.0261. The molecule has 0 aliphatic heterocycles. The molecule has 0 aromatic heterocycles. The van der Waals surface area contributed by atoms with Crippen LogP contribution in [-0.4, -0.2) is 37.2 Å². The topological polar surface area (TPSA) is 78.9 Å². The number of ether oxygens (including phenoxy) is 3. The molecule has 0 heterocycles. The summed E-state index contributed by atoms with van der Waals surface area (Å²) in [6, 6.07) is 0. The molecule has 0 aromatic carbocycles. The number of hydrogen-bond acceptors (Lipinski definition) is 6. The van der Waals surface area contributed by atoms with Gasteiger partial charge < -0.3 is 14.2 Å². The van der Waals surface area contributed by atoms with E-state index in [0.717, 1.165) is 83.5 Å². The molecule has 436 valence electrons. The number of esters is 3. The van der Waals surface area contributed by atoms with Crippen LogP contribution in [0.1, 0.15) is 342 Å². The maximum atomic E-state index is 12.9. The van der Waals surface area contributed by atoms with Crippen LogP contribution in [0.5, 0.6) is 0 Å². The van der Waals surface area contributed by atoms with Crippen LogP contribution in [-0.2, 0) is 28.6 Å². The molecule has 0 radical (unpaired) electrons. The molecule has 0 saturated carbocycles. The van der Waals surface area contributed by atoms with Crippen molar-refractivity contribution in [3.8, 4) is 0 Å². The Morgan fingerprint density at radius 2 is 0.480 bits per heavy atom. The molecule has 0 spiro atoms. The fourth-order valence-electron chi connectivity index (χ4n) is 9.50. The molecule has 0 fully saturated rings. The van der Waals surface area contributed by atoms with E-state index in [1.807, 2.05) is 0 Å². The summed E-state index contributed by atoms with van der Waals surface area (Å²) in [5, 5.41) is 0. The van der Waals surface area contributed by atoms with Crippen molar-refractivity contribution < 1.29 is 28.6 Å². The van der Waals surface area contributed by atoms with Gasteiger partial charge in [0.25, 0.3) is 0 Å². The molecule has 0 amide bonds. The Labute approximate surface area is 466 Å². The van der Waals surface area contributed by atoms with Crippen LogP contribution in [0.25, 0.3) is 0 Å². The predicted molar refractivity (Wildman–Crippen MR) is 325 cm³/mol. The number of hydrogen-bond donors (Lipinski definition) is 0. The Morgan fingerprint density at radius 1 is 0.267 bits per heavy atom. The van der Waals surface area contributed by atoms with Gasteiger partial charge in [-0.05, 0) is 109 Å². The van der Waals surface area contributed by atoms with Gasteiger partial charge in [0, 0.05) is 19.3 Å². The molecule has 0 aromatic rings. The average molecular weight is 1050 g/mol. The van der Waals surface area contributed by atoms with Crippen molar-refractivity contribution in [2.45, 2.75) is 348 Å². The molecule has 1 atom stereocenters. The second kappa shape index (κ2) is 63.6. The highest BCUT2D eigenvalue weighted by Gasteiger charge is 2.19. The van der Waals surface area contributed by atoms with Crippen LogP contribution < -0.4 is 0 Å². The third kappa shape index (κ3) is 61.8. The summed E-state index contributed by atoms with van der Waals surface area (Å²) in [5.74, 6) is -0.880. The van der Waals surface area contributed by atoms with E-state index >= 15 is 0 Å². The lowest BCUT2D eigenvalue weighted by atomic mass is 10.1. The summed E-state index contributed by atoms with van der Waals surface area (Å²) in [5.41, 5.74) is 0. The highest BCUT2D eigenvalue weighted by molar-refractivity contribution is 5.71. The Bertz CT molecular complexity index is 1340. The molecular weight excluding hydrogens is 925 g/mol. The Morgan fingerprint density at radius 3 is 0.773 bits per heavy atom. The van der Waals surface area contributed by atoms with E-state index in [2.05, 4.69) is 81.5 Å². The maximum Gasteiger partial charge on any atom is 0.306 e. The summed E-state index contributed by atoms with van der Waals surface area (Å²) >= 11 is 0. The fourth-order valence-corrected chi connectivity index (χ4v) is 9.50. The minimum absolute atomic E-state index is 0.0799. The van der Waals surface area contributed by atoms with Gasteiger partial charge in [0.1, 0.15) is 13.2 Å². The normalized spacial score (nSPS) is 12.4. The summed E-state index contributed by atoms with van der Waals surface area (Å²) in [4.78, 5) is 38.3. The van der Waals surface area contributed by atoms with Gasteiger partial charge in [0.05, 0.1) is 0 Å². The molecule has 0 N–H and O–H groups in total. The summed E-state index contributed by atoms with van der Waals surface area (Å²) in [6.45, 7) is 6.64. The Kier molecular flexibility index (Phi) is 61.2. The van der Waals surface area contributed by atoms with E-state index in [1.165, 1.54) is 218 Å². The van der Waals surface area contributed by atoms with Crippen molar-refractivity contribution in [1.82, 2.24) is 0 Å². The first-order chi connectivity index (χ1) is 37.0. The zero-order chi connectivity index (χ0) is 54.3. The van der Waals surface area contributed by atoms with Gasteiger partial charge in [-0.25, -0.2) is 0 Å². The van der Waals surface area contributed by atoms with Crippen LogP contribution in [0.3, 0.4) is 0 Å². The first-order valence-corrected chi connectivity index (χ1v) is 32.8. The Hall–Kier alpha value is -2.89. The van der Waals surface area contributed by atoms with Crippen LogP contribution in [0.15, 0.2) is 60.8 Å². The van der Waals surface area contributed by atoms with Gasteiger partial charge in [-0.1, -0.05) is 274 Å². The van der Waals surface area contributed by atoms with Crippen molar-refractivity contribution in [2.75, 3.05) is 13.2 Å². The zero-order valence-electron chi connectivity index (χ0n) is 50.1. The van der Waals surface area contributed by atoms with Crippen molar-refractivity contribution in [2.24, 2.45) is 0 Å². The number of rotatable bonds is 60. The first kappa shape index (κ1) is 72.1. The summed E-state index contributed by atoms with van der Waals surface area (Å²) < 4.78 is 16.9. The molecule has 0 rings (SSSR count). The zero-order valence-corrected chi connectivity index (χ0v) is 50.1. The first-order valence-electron chi connectivity index (χ1n) is 32.8. The van der Waals surface area contributed by atoms with E-state index < -0.39 is 6.10 Å². The van der Waals surface area contributed by atoms with Gasteiger partial charge >= 0.3 is 17.9 Å². The van der Waals surface area contributed by atoms with Crippen LogP contribution >= 0.6 is 0 Å². The monoisotopic (exact) mass is 1050 g/mol. The molecule has 0 aliphatic rings. The molecular formula is C69H124O6. The average Bonchev–Trinajstić information content (AvgIpc) is 3.41. The summed E-state index contributed by atoms with van der Waals surface area (Å²) in [6.07, 6.45) is 80.8. The number of carbonyl (C=O) groups is 3. The highest BCUT2D eigenvalue weighted by atomic mass is 16.6. The van der Waals surface area contributed by atoms with E-state index in [9.17, 15) is 14.4 Å². The van der Waals surface area contributed by atoms with E-state index in [4.69, 9.17) is 14.2 Å². The second-order valence-corrected chi connectivity index (χ2v) is 22.0. The van der Waals surface area contributed by atoms with Crippen molar-refractivity contribution in [3.05, 3.63) is 60.8 Å². The number of carbonyl (C=O) groups excluding carboxylic acids is 3. The van der Waals surface area contributed by atoms with Crippen molar-refractivity contribution in [3.63, 3.8) is 0 Å². The number of allylic oxidation sites excluding steroid dienone is 10. The second-order valence-electron chi connectivity index (χ2n) is 22.0. The molecule has 6 nitrogen and oxygen atoms in total. The van der Waals surface area contributed by atoms with E-state index in [0.29, 0.717) is 19.3 Å². The van der Waals surface area contributed by atoms with Gasteiger partial charge in [0.15, 0.2) is 6.10 Å². The summed E-state index contributed by atoms with van der Waals surface area (Å²) in [7, 11) is 0. The van der Waals surface area contributed by atoms with Crippen molar-refractivity contribution >= 4 is 17.9 Å². The third-order valence-corrected chi connectivity index (χ3v) is 14.5. The molecule has 0 aliphatic carbocycles. The van der Waals surface area contributed by atoms with Crippen LogP contribution in [0.4, 0.5) is 0 Å². The maximum absolute atomic E-state index is 12.9. The lowest BCUT2D eigenvalue weighted by Crippen LogP contribution is -2.30. The van der Waals surface area contributed by atoms with E-state index in [-0.39, 0.29) is 31.1 Å². The molecule has 6 heteroatoms. The minimum Gasteiger partial charge on any atom is -0.462 e. The Balaban J connectivity index is 4.33. The highest BCUT2D eigenvalue weighted by Crippen LogP contribution is 2.16. The van der Waals surface area contributed by atoms with Gasteiger partial charge in [-0.2, -0.15) is 0 Å². The molecule has 0 bridgehead atoms. The van der Waals surface area contributed by atoms with Crippen LogP contribution in [0.2, 0.25) is 0 Å². The molecule has 1 unspecified atom stereocenters. The SMILES string of the molecule is CCCCCC/C=C\CCCCCCCC(=O)OCC(COC(=O)CCCCCCCCCC/C=C\C/C=C\C/C=C\CCCCCCC)OC(=O)CCCCCCCCCCC/C=C\CCCCCCCCCC. The lowest BCUT2D eigenvalue weighted by Gasteiger charge is -2.18. The molecule has 75 heavy (non-hydrogen) atoms. The standard InChI is InChI=1S/C69H124O6/c1-4-7-10-13-16-19-22-25-27-29-31-33-34-36-37-39-41-44-47-50-53-56-59-62-68(71)74-65-66(64-73-67(70)61-58-55-52-49-46-43-24-21-18-15-12-9-6-3)75-69(72)63-60-57-54-51-48-45-42-40-38-35-32-30-28-26-23-20-17-14-11-8-5-2/h21-22,24-25,29-32,34,36,66H,4-20,23,26-28,33,35,37-65H2,1-3H3/b24-21-,25-22-,31-29-,32-30-,36-34-. The minimum atomic E-state index is -0.783. The smallest absolute Gasteiger partial charge is 0.306 e. The lowest BCUT2D eigenvalue weighted by molar-refractivity contribution is -0.167. The van der Waals surface area contributed by atoms with Gasteiger partial charge in [0.2, 0.25) is 0 Å². The van der Waals surface area contributed by atoms with E-state index in [1.54, 1.807) is 0 Å².